The molecule has 2 aromatic carbocycles. The summed E-state index contributed by atoms with van der Waals surface area (Å²) in [6.45, 7) is 12.1. The standard InChI is InChI=1S/C27H36FN3O/c1-22-4-2-5-23(20-22)21-31-18-16-30(17-19-31)13-3-12-29-14-10-25(11-15-29)27(32)24-6-8-26(28)9-7-24/h2,4-9,20,25H,3,10-19,21H2,1H3. The molecule has 0 unspecified atom stereocenters. The van der Waals surface area contributed by atoms with Crippen molar-refractivity contribution in [2.45, 2.75) is 32.7 Å². The van der Waals surface area contributed by atoms with E-state index in [4.69, 9.17) is 0 Å². The maximum atomic E-state index is 13.1. The van der Waals surface area contributed by atoms with Crippen LogP contribution in [0.25, 0.3) is 0 Å². The van der Waals surface area contributed by atoms with E-state index in [0.29, 0.717) is 5.56 Å². The van der Waals surface area contributed by atoms with Crippen LogP contribution >= 0.6 is 0 Å². The molecule has 4 nitrogen and oxygen atoms in total. The van der Waals surface area contributed by atoms with Crippen LogP contribution in [-0.2, 0) is 6.54 Å². The van der Waals surface area contributed by atoms with Crippen LogP contribution in [0.15, 0.2) is 48.5 Å². The van der Waals surface area contributed by atoms with E-state index in [2.05, 4.69) is 45.9 Å². The van der Waals surface area contributed by atoms with Gasteiger partial charge in [-0.3, -0.25) is 9.69 Å². The van der Waals surface area contributed by atoms with Crippen molar-refractivity contribution in [3.8, 4) is 0 Å². The molecule has 0 saturated carbocycles. The molecule has 32 heavy (non-hydrogen) atoms. The first-order valence-corrected chi connectivity index (χ1v) is 12.1. The van der Waals surface area contributed by atoms with Crippen LogP contribution in [0.3, 0.4) is 0 Å². The number of benzene rings is 2. The molecule has 4 rings (SSSR count). The van der Waals surface area contributed by atoms with Crippen LogP contribution in [0, 0.1) is 18.7 Å². The second kappa shape index (κ2) is 11.2. The summed E-state index contributed by atoms with van der Waals surface area (Å²) in [4.78, 5) is 20.3. The molecular weight excluding hydrogens is 401 g/mol. The van der Waals surface area contributed by atoms with Crippen molar-refractivity contribution in [1.29, 1.82) is 0 Å². The minimum Gasteiger partial charge on any atom is -0.303 e. The van der Waals surface area contributed by atoms with Crippen LogP contribution in [0.4, 0.5) is 4.39 Å². The summed E-state index contributed by atoms with van der Waals surface area (Å²) in [7, 11) is 0. The van der Waals surface area contributed by atoms with Crippen molar-refractivity contribution in [2.75, 3.05) is 52.4 Å². The number of Topliss-reactive ketones (excluding diaryl/α,β-unsaturated/α-hetero) is 1. The molecule has 2 aromatic rings. The SMILES string of the molecule is Cc1cccc(CN2CCN(CCCN3CCC(C(=O)c4ccc(F)cc4)CC3)CC2)c1. The van der Waals surface area contributed by atoms with Gasteiger partial charge in [0.25, 0.3) is 0 Å². The van der Waals surface area contributed by atoms with Crippen LogP contribution in [-0.4, -0.2) is 72.8 Å². The highest BCUT2D eigenvalue weighted by Crippen LogP contribution is 2.22. The molecule has 0 radical (unpaired) electrons. The van der Waals surface area contributed by atoms with E-state index in [-0.39, 0.29) is 17.5 Å². The van der Waals surface area contributed by atoms with E-state index in [1.54, 1.807) is 12.1 Å². The van der Waals surface area contributed by atoms with Crippen LogP contribution < -0.4 is 0 Å². The van der Waals surface area contributed by atoms with Crippen LogP contribution in [0.5, 0.6) is 0 Å². The first kappa shape index (κ1) is 23.1. The van der Waals surface area contributed by atoms with Gasteiger partial charge < -0.3 is 9.80 Å². The second-order valence-electron chi connectivity index (χ2n) is 9.45. The summed E-state index contributed by atoms with van der Waals surface area (Å²) >= 11 is 0. The van der Waals surface area contributed by atoms with Crippen molar-refractivity contribution in [3.63, 3.8) is 0 Å². The van der Waals surface area contributed by atoms with Gasteiger partial charge in [-0.05, 0) is 82.2 Å². The highest BCUT2D eigenvalue weighted by atomic mass is 19.1. The molecule has 0 aliphatic carbocycles. The molecule has 2 heterocycles. The van der Waals surface area contributed by atoms with Gasteiger partial charge in [0.05, 0.1) is 0 Å². The minimum atomic E-state index is -0.288. The lowest BCUT2D eigenvalue weighted by Gasteiger charge is -2.36. The predicted molar refractivity (Wildman–Crippen MR) is 127 cm³/mol. The maximum Gasteiger partial charge on any atom is 0.166 e. The van der Waals surface area contributed by atoms with Crippen LogP contribution in [0.2, 0.25) is 0 Å². The third kappa shape index (κ3) is 6.47. The lowest BCUT2D eigenvalue weighted by atomic mass is 9.89. The molecule has 0 atom stereocenters. The Hall–Kier alpha value is -2.08. The van der Waals surface area contributed by atoms with Crippen molar-refractivity contribution in [2.24, 2.45) is 5.92 Å². The summed E-state index contributed by atoms with van der Waals surface area (Å²) in [5.74, 6) is -0.0320. The number of rotatable bonds is 8. The number of hydrogen-bond donors (Lipinski definition) is 0. The molecule has 5 heteroatoms. The van der Waals surface area contributed by atoms with Gasteiger partial charge in [-0.15, -0.1) is 0 Å². The zero-order chi connectivity index (χ0) is 22.3. The maximum absolute atomic E-state index is 13.1. The van der Waals surface area contributed by atoms with Crippen molar-refractivity contribution in [3.05, 3.63) is 71.0 Å². The number of carbonyl (C=O) groups excluding carboxylic acids is 1. The molecule has 0 spiro atoms. The summed E-state index contributed by atoms with van der Waals surface area (Å²) in [5.41, 5.74) is 3.40. The number of nitrogens with zero attached hydrogens (tertiary/aromatic N) is 3. The zero-order valence-electron chi connectivity index (χ0n) is 19.3. The number of piperazine rings is 1. The average molecular weight is 438 g/mol. The normalized spacial score (nSPS) is 19.3. The van der Waals surface area contributed by atoms with Gasteiger partial charge in [-0.25, -0.2) is 4.39 Å². The fourth-order valence-electron chi connectivity index (χ4n) is 5.03. The predicted octanol–water partition coefficient (Wildman–Crippen LogP) is 4.24. The lowest BCUT2D eigenvalue weighted by molar-refractivity contribution is 0.0829. The molecule has 0 N–H and O–H groups in total. The zero-order valence-corrected chi connectivity index (χ0v) is 19.3. The molecule has 0 bridgehead atoms. The van der Waals surface area contributed by atoms with Gasteiger partial charge in [0, 0.05) is 44.2 Å². The third-order valence-electron chi connectivity index (χ3n) is 6.99. The van der Waals surface area contributed by atoms with Gasteiger partial charge in [-0.1, -0.05) is 29.8 Å². The number of ketones is 1. The second-order valence-corrected chi connectivity index (χ2v) is 9.45. The van der Waals surface area contributed by atoms with E-state index in [0.717, 1.165) is 71.7 Å². The van der Waals surface area contributed by atoms with E-state index >= 15 is 0 Å². The van der Waals surface area contributed by atoms with Crippen molar-refractivity contribution < 1.29 is 9.18 Å². The van der Waals surface area contributed by atoms with Crippen molar-refractivity contribution in [1.82, 2.24) is 14.7 Å². The quantitative estimate of drug-likeness (QED) is 0.578. The van der Waals surface area contributed by atoms with E-state index in [1.165, 1.54) is 29.7 Å². The van der Waals surface area contributed by atoms with E-state index < -0.39 is 0 Å². The molecule has 0 amide bonds. The van der Waals surface area contributed by atoms with Gasteiger partial charge in [-0.2, -0.15) is 0 Å². The summed E-state index contributed by atoms with van der Waals surface area (Å²) in [6.07, 6.45) is 3.01. The largest absolute Gasteiger partial charge is 0.303 e. The van der Waals surface area contributed by atoms with E-state index in [1.807, 2.05) is 0 Å². The lowest BCUT2D eigenvalue weighted by Crippen LogP contribution is -2.46. The Labute approximate surface area is 192 Å². The Morgan fingerprint density at radius 2 is 1.50 bits per heavy atom. The first-order chi connectivity index (χ1) is 15.6. The highest BCUT2D eigenvalue weighted by Gasteiger charge is 2.26. The Morgan fingerprint density at radius 1 is 0.875 bits per heavy atom. The molecule has 2 fully saturated rings. The van der Waals surface area contributed by atoms with E-state index in [9.17, 15) is 9.18 Å². The summed E-state index contributed by atoms with van der Waals surface area (Å²) < 4.78 is 13.1. The molecule has 172 valence electrons. The molecular formula is C27H36FN3O. The number of aryl methyl sites for hydroxylation is 1. The van der Waals surface area contributed by atoms with Crippen molar-refractivity contribution >= 4 is 5.78 Å². The first-order valence-electron chi connectivity index (χ1n) is 12.1. The summed E-state index contributed by atoms with van der Waals surface area (Å²) in [6, 6.07) is 14.8. The van der Waals surface area contributed by atoms with Gasteiger partial charge in [0.2, 0.25) is 0 Å². The Bertz CT molecular complexity index is 869. The molecule has 2 saturated heterocycles. The third-order valence-corrected chi connectivity index (χ3v) is 6.99. The summed E-state index contributed by atoms with van der Waals surface area (Å²) in [5, 5.41) is 0. The number of hydrogen-bond acceptors (Lipinski definition) is 4. The topological polar surface area (TPSA) is 26.8 Å². The highest BCUT2D eigenvalue weighted by molar-refractivity contribution is 5.97. The number of piperidine rings is 1. The molecule has 0 aromatic heterocycles. The number of carbonyl (C=O) groups is 1. The molecule has 2 aliphatic rings. The average Bonchev–Trinajstić information content (AvgIpc) is 2.81. The Morgan fingerprint density at radius 3 is 2.16 bits per heavy atom. The number of likely N-dealkylation sites (tertiary alicyclic amines) is 1. The van der Waals surface area contributed by atoms with Gasteiger partial charge in [0.15, 0.2) is 5.78 Å². The fraction of sp³-hybridized carbons (Fsp3) is 0.519. The Kier molecular flexibility index (Phi) is 8.06. The fourth-order valence-corrected chi connectivity index (χ4v) is 5.03. The monoisotopic (exact) mass is 437 g/mol. The number of halogens is 1. The van der Waals surface area contributed by atoms with Gasteiger partial charge in [0.1, 0.15) is 5.82 Å². The van der Waals surface area contributed by atoms with Gasteiger partial charge >= 0.3 is 0 Å². The smallest absolute Gasteiger partial charge is 0.166 e. The molecule has 2 aliphatic heterocycles. The van der Waals surface area contributed by atoms with Crippen LogP contribution in [0.1, 0.15) is 40.7 Å². The minimum absolute atomic E-state index is 0.0817. The Balaban J connectivity index is 1.11.